The molecule has 0 spiro atoms. The molecule has 48 heavy (non-hydrogen) atoms. The molecule has 0 aliphatic heterocycles. The highest BCUT2D eigenvalue weighted by atomic mass is 16.3. The molecule has 0 saturated carbocycles. The summed E-state index contributed by atoms with van der Waals surface area (Å²) in [5.41, 5.74) is 10.7. The van der Waals surface area contributed by atoms with Gasteiger partial charge in [0.25, 0.3) is 0 Å². The normalized spacial score (nSPS) is 11.8. The van der Waals surface area contributed by atoms with Crippen LogP contribution in [0, 0.1) is 0 Å². The number of rotatable bonds is 4. The zero-order valence-electron chi connectivity index (χ0n) is 26.0. The van der Waals surface area contributed by atoms with Crippen LogP contribution in [0.1, 0.15) is 0 Å². The molecule has 0 aliphatic carbocycles. The van der Waals surface area contributed by atoms with E-state index in [1.54, 1.807) is 0 Å². The van der Waals surface area contributed by atoms with Gasteiger partial charge in [0.1, 0.15) is 22.5 Å². The Balaban J connectivity index is 1.18. The molecule has 2 aromatic heterocycles. The average molecular weight is 613 g/mol. The molecule has 10 rings (SSSR count). The Kier molecular flexibility index (Phi) is 5.91. The summed E-state index contributed by atoms with van der Waals surface area (Å²) in [6.07, 6.45) is 0. The Morgan fingerprint density at radius 2 is 0.667 bits per heavy atom. The molecule has 0 saturated heterocycles. The highest BCUT2D eigenvalue weighted by molar-refractivity contribution is 6.21. The first-order valence-electron chi connectivity index (χ1n) is 16.3. The van der Waals surface area contributed by atoms with Crippen LogP contribution in [0.25, 0.3) is 99.2 Å². The van der Waals surface area contributed by atoms with Crippen LogP contribution in [0.3, 0.4) is 0 Å². The first-order valence-corrected chi connectivity index (χ1v) is 16.3. The van der Waals surface area contributed by atoms with Crippen molar-refractivity contribution in [2.75, 3.05) is 0 Å². The predicted molar refractivity (Wildman–Crippen MR) is 200 cm³/mol. The summed E-state index contributed by atoms with van der Waals surface area (Å²) in [4.78, 5) is 0. The number of hydrogen-bond acceptors (Lipinski definition) is 2. The van der Waals surface area contributed by atoms with Gasteiger partial charge in [-0.3, -0.25) is 0 Å². The SMILES string of the molecule is c1ccc(-c2c(-c3ccc(-c4c5ccccc5c(-c5ccccc5)c5ccccc45)cc3)oc3cc4c(cc23)oc2ccccc24)cc1. The molecule has 0 bridgehead atoms. The summed E-state index contributed by atoms with van der Waals surface area (Å²) >= 11 is 0. The molecule has 0 atom stereocenters. The predicted octanol–water partition coefficient (Wildman–Crippen LogP) is 13.3. The van der Waals surface area contributed by atoms with E-state index in [1.807, 2.05) is 18.2 Å². The molecule has 0 amide bonds. The second-order valence-electron chi connectivity index (χ2n) is 12.4. The fraction of sp³-hybridized carbons (Fsp3) is 0. The molecule has 0 N–H and O–H groups in total. The molecule has 2 heterocycles. The number of para-hydroxylation sites is 1. The van der Waals surface area contributed by atoms with Crippen molar-refractivity contribution in [3.63, 3.8) is 0 Å². The van der Waals surface area contributed by atoms with Crippen molar-refractivity contribution in [2.24, 2.45) is 0 Å². The van der Waals surface area contributed by atoms with Crippen molar-refractivity contribution < 1.29 is 8.83 Å². The molecular weight excluding hydrogens is 585 g/mol. The highest BCUT2D eigenvalue weighted by Crippen LogP contribution is 2.46. The Bertz CT molecular complexity index is 2750. The van der Waals surface area contributed by atoms with Crippen LogP contribution in [-0.2, 0) is 0 Å². The van der Waals surface area contributed by atoms with Gasteiger partial charge >= 0.3 is 0 Å². The van der Waals surface area contributed by atoms with Crippen LogP contribution in [0.2, 0.25) is 0 Å². The van der Waals surface area contributed by atoms with Gasteiger partial charge in [-0.15, -0.1) is 0 Å². The zero-order chi connectivity index (χ0) is 31.6. The summed E-state index contributed by atoms with van der Waals surface area (Å²) in [7, 11) is 0. The van der Waals surface area contributed by atoms with E-state index in [9.17, 15) is 0 Å². The van der Waals surface area contributed by atoms with E-state index in [0.717, 1.165) is 55.4 Å². The minimum absolute atomic E-state index is 0.848. The maximum absolute atomic E-state index is 6.78. The topological polar surface area (TPSA) is 26.3 Å². The van der Waals surface area contributed by atoms with Crippen molar-refractivity contribution in [3.8, 4) is 44.7 Å². The fourth-order valence-corrected chi connectivity index (χ4v) is 7.55. The Labute approximate surface area is 277 Å². The summed E-state index contributed by atoms with van der Waals surface area (Å²) in [5, 5.41) is 8.18. The summed E-state index contributed by atoms with van der Waals surface area (Å²) < 4.78 is 13.1. The van der Waals surface area contributed by atoms with E-state index in [2.05, 4.69) is 152 Å². The van der Waals surface area contributed by atoms with Gasteiger partial charge in [-0.2, -0.15) is 0 Å². The molecule has 2 nitrogen and oxygen atoms in total. The third-order valence-corrected chi connectivity index (χ3v) is 9.68. The molecule has 0 fully saturated rings. The second kappa shape index (κ2) is 10.6. The van der Waals surface area contributed by atoms with Crippen LogP contribution in [0.4, 0.5) is 0 Å². The van der Waals surface area contributed by atoms with Crippen molar-refractivity contribution in [1.82, 2.24) is 0 Å². The van der Waals surface area contributed by atoms with E-state index < -0.39 is 0 Å². The maximum Gasteiger partial charge on any atom is 0.143 e. The standard InChI is InChI=1S/C46H28O2/c1-3-13-29(14-4-1)43-34-18-7-9-20-36(34)44(37-21-10-8-19-35(37)43)31-23-25-32(26-24-31)46-45(30-15-5-2-6-16-30)39-28-41-38(27-42(39)48-46)33-17-11-12-22-40(33)47-41/h1-28H. The van der Waals surface area contributed by atoms with Crippen LogP contribution in [-0.4, -0.2) is 0 Å². The third kappa shape index (κ3) is 4.06. The smallest absolute Gasteiger partial charge is 0.143 e. The van der Waals surface area contributed by atoms with Gasteiger partial charge in [0.2, 0.25) is 0 Å². The quantitative estimate of drug-likeness (QED) is 0.185. The molecule has 2 heteroatoms. The lowest BCUT2D eigenvalue weighted by Gasteiger charge is -2.17. The molecule has 0 unspecified atom stereocenters. The lowest BCUT2D eigenvalue weighted by atomic mass is 9.86. The van der Waals surface area contributed by atoms with E-state index >= 15 is 0 Å². The fourth-order valence-electron chi connectivity index (χ4n) is 7.55. The van der Waals surface area contributed by atoms with Gasteiger partial charge in [0.05, 0.1) is 0 Å². The zero-order valence-corrected chi connectivity index (χ0v) is 26.0. The number of fused-ring (bicyclic) bond motifs is 6. The number of hydrogen-bond donors (Lipinski definition) is 0. The molecule has 8 aromatic carbocycles. The van der Waals surface area contributed by atoms with E-state index in [-0.39, 0.29) is 0 Å². The lowest BCUT2D eigenvalue weighted by Crippen LogP contribution is -1.90. The molecule has 0 radical (unpaired) electrons. The van der Waals surface area contributed by atoms with E-state index in [4.69, 9.17) is 8.83 Å². The molecular formula is C46H28O2. The van der Waals surface area contributed by atoms with Crippen LogP contribution >= 0.6 is 0 Å². The molecule has 0 aliphatic rings. The van der Waals surface area contributed by atoms with Gasteiger partial charge in [0.15, 0.2) is 0 Å². The third-order valence-electron chi connectivity index (χ3n) is 9.68. The first-order chi connectivity index (χ1) is 23.8. The summed E-state index contributed by atoms with van der Waals surface area (Å²) in [6.45, 7) is 0. The minimum Gasteiger partial charge on any atom is -0.456 e. The second-order valence-corrected chi connectivity index (χ2v) is 12.4. The van der Waals surface area contributed by atoms with Crippen LogP contribution < -0.4 is 0 Å². The molecule has 10 aromatic rings. The highest BCUT2D eigenvalue weighted by Gasteiger charge is 2.21. The largest absolute Gasteiger partial charge is 0.456 e. The lowest BCUT2D eigenvalue weighted by molar-refractivity contribution is 0.632. The van der Waals surface area contributed by atoms with Gasteiger partial charge in [-0.05, 0) is 67.6 Å². The van der Waals surface area contributed by atoms with Crippen molar-refractivity contribution in [2.45, 2.75) is 0 Å². The van der Waals surface area contributed by atoms with Crippen molar-refractivity contribution >= 4 is 54.5 Å². The van der Waals surface area contributed by atoms with E-state index in [1.165, 1.54) is 43.8 Å². The average Bonchev–Trinajstić information content (AvgIpc) is 3.71. The van der Waals surface area contributed by atoms with Gasteiger partial charge in [-0.25, -0.2) is 0 Å². The Morgan fingerprint density at radius 3 is 1.25 bits per heavy atom. The van der Waals surface area contributed by atoms with Gasteiger partial charge in [-0.1, -0.05) is 152 Å². The monoisotopic (exact) mass is 612 g/mol. The van der Waals surface area contributed by atoms with Crippen molar-refractivity contribution in [3.05, 3.63) is 170 Å². The number of furan rings is 2. The molecule has 224 valence electrons. The maximum atomic E-state index is 6.78. The van der Waals surface area contributed by atoms with E-state index in [0.29, 0.717) is 0 Å². The van der Waals surface area contributed by atoms with Crippen molar-refractivity contribution in [1.29, 1.82) is 0 Å². The van der Waals surface area contributed by atoms with Crippen LogP contribution in [0.5, 0.6) is 0 Å². The number of benzene rings is 8. The first kappa shape index (κ1) is 26.8. The van der Waals surface area contributed by atoms with Crippen LogP contribution in [0.15, 0.2) is 179 Å². The Hall–Kier alpha value is -6.38. The minimum atomic E-state index is 0.848. The summed E-state index contributed by atoms with van der Waals surface area (Å²) in [6, 6.07) is 60.2. The van der Waals surface area contributed by atoms with Gasteiger partial charge < -0.3 is 8.83 Å². The van der Waals surface area contributed by atoms with Gasteiger partial charge in [0, 0.05) is 27.3 Å². The summed E-state index contributed by atoms with van der Waals surface area (Å²) in [5.74, 6) is 0.855. The Morgan fingerprint density at radius 1 is 0.250 bits per heavy atom.